The maximum absolute atomic E-state index is 6.21. The smallest absolute Gasteiger partial charge is 0.0472 e. The molecule has 102 valence electrons. The molecule has 0 aromatic heterocycles. The SMILES string of the molecule is CCN(CC(C)C)C1(CN)CSCCC1(C)C. The summed E-state index contributed by atoms with van der Waals surface area (Å²) in [4.78, 5) is 2.64. The lowest BCUT2D eigenvalue weighted by Gasteiger charge is -2.56. The molecule has 1 aliphatic rings. The minimum absolute atomic E-state index is 0.189. The van der Waals surface area contributed by atoms with Gasteiger partial charge < -0.3 is 5.73 Å². The molecule has 0 aromatic rings. The van der Waals surface area contributed by atoms with Gasteiger partial charge in [0.15, 0.2) is 0 Å². The van der Waals surface area contributed by atoms with Gasteiger partial charge in [0.1, 0.15) is 0 Å². The van der Waals surface area contributed by atoms with E-state index in [2.05, 4.69) is 51.3 Å². The number of rotatable bonds is 5. The van der Waals surface area contributed by atoms with Crippen LogP contribution >= 0.6 is 11.8 Å². The third-order valence-electron chi connectivity index (χ3n) is 4.38. The summed E-state index contributed by atoms with van der Waals surface area (Å²) in [5.74, 6) is 3.19. The number of likely N-dealkylation sites (N-methyl/N-ethyl adjacent to an activating group) is 1. The summed E-state index contributed by atoms with van der Waals surface area (Å²) in [6.45, 7) is 14.7. The van der Waals surface area contributed by atoms with Gasteiger partial charge in [-0.1, -0.05) is 34.6 Å². The molecule has 0 amide bonds. The molecule has 1 unspecified atom stereocenters. The summed E-state index contributed by atoms with van der Waals surface area (Å²) < 4.78 is 0. The largest absolute Gasteiger partial charge is 0.329 e. The molecule has 0 aliphatic carbocycles. The Morgan fingerprint density at radius 1 is 1.35 bits per heavy atom. The highest BCUT2D eigenvalue weighted by Gasteiger charge is 2.49. The lowest BCUT2D eigenvalue weighted by molar-refractivity contribution is -0.00237. The van der Waals surface area contributed by atoms with Gasteiger partial charge >= 0.3 is 0 Å². The van der Waals surface area contributed by atoms with Crippen molar-refractivity contribution in [2.24, 2.45) is 17.1 Å². The Balaban J connectivity index is 2.97. The Labute approximate surface area is 112 Å². The van der Waals surface area contributed by atoms with Crippen LogP contribution in [0.5, 0.6) is 0 Å². The fraction of sp³-hybridized carbons (Fsp3) is 1.00. The van der Waals surface area contributed by atoms with Gasteiger partial charge in [-0.2, -0.15) is 11.8 Å². The van der Waals surface area contributed by atoms with Gasteiger partial charge in [0.25, 0.3) is 0 Å². The van der Waals surface area contributed by atoms with E-state index in [1.54, 1.807) is 0 Å². The van der Waals surface area contributed by atoms with Gasteiger partial charge in [-0.25, -0.2) is 0 Å². The molecule has 1 heterocycles. The first-order valence-electron chi connectivity index (χ1n) is 6.92. The molecule has 1 rings (SSSR count). The van der Waals surface area contributed by atoms with Crippen LogP contribution in [0.2, 0.25) is 0 Å². The molecule has 3 heteroatoms. The van der Waals surface area contributed by atoms with Crippen molar-refractivity contribution in [3.8, 4) is 0 Å². The Kier molecular flexibility index (Phi) is 5.36. The van der Waals surface area contributed by atoms with Crippen molar-refractivity contribution < 1.29 is 0 Å². The van der Waals surface area contributed by atoms with Gasteiger partial charge in [-0.15, -0.1) is 0 Å². The molecule has 1 saturated heterocycles. The van der Waals surface area contributed by atoms with Crippen LogP contribution in [0.3, 0.4) is 0 Å². The monoisotopic (exact) mass is 258 g/mol. The second-order valence-corrected chi connectivity index (χ2v) is 7.46. The highest BCUT2D eigenvalue weighted by Crippen LogP contribution is 2.45. The van der Waals surface area contributed by atoms with E-state index >= 15 is 0 Å². The number of thioether (sulfide) groups is 1. The summed E-state index contributed by atoms with van der Waals surface area (Å²) >= 11 is 2.08. The van der Waals surface area contributed by atoms with Crippen LogP contribution in [0, 0.1) is 11.3 Å². The molecule has 0 saturated carbocycles. The Morgan fingerprint density at radius 3 is 2.41 bits per heavy atom. The van der Waals surface area contributed by atoms with Crippen molar-refractivity contribution in [3.05, 3.63) is 0 Å². The summed E-state index contributed by atoms with van der Waals surface area (Å²) in [7, 11) is 0. The van der Waals surface area contributed by atoms with Gasteiger partial charge in [0, 0.05) is 24.4 Å². The van der Waals surface area contributed by atoms with Crippen molar-refractivity contribution in [1.82, 2.24) is 4.90 Å². The van der Waals surface area contributed by atoms with Crippen LogP contribution in [-0.2, 0) is 0 Å². The maximum atomic E-state index is 6.21. The van der Waals surface area contributed by atoms with Crippen molar-refractivity contribution in [2.45, 2.75) is 46.6 Å². The van der Waals surface area contributed by atoms with Crippen molar-refractivity contribution in [1.29, 1.82) is 0 Å². The molecule has 0 radical (unpaired) electrons. The molecule has 0 spiro atoms. The summed E-state index contributed by atoms with van der Waals surface area (Å²) in [5, 5.41) is 0. The maximum Gasteiger partial charge on any atom is 0.0472 e. The predicted molar refractivity (Wildman–Crippen MR) is 79.6 cm³/mol. The molecule has 1 atom stereocenters. The minimum atomic E-state index is 0.189. The van der Waals surface area contributed by atoms with E-state index in [1.165, 1.54) is 17.9 Å². The lowest BCUT2D eigenvalue weighted by Crippen LogP contribution is -2.66. The first-order chi connectivity index (χ1) is 7.89. The van der Waals surface area contributed by atoms with Crippen LogP contribution in [-0.4, -0.2) is 41.6 Å². The third kappa shape index (κ3) is 2.99. The Morgan fingerprint density at radius 2 is 2.00 bits per heavy atom. The lowest BCUT2D eigenvalue weighted by atomic mass is 9.69. The Bertz CT molecular complexity index is 240. The van der Waals surface area contributed by atoms with Gasteiger partial charge in [0.05, 0.1) is 0 Å². The van der Waals surface area contributed by atoms with Crippen molar-refractivity contribution in [2.75, 3.05) is 31.1 Å². The topological polar surface area (TPSA) is 29.3 Å². The van der Waals surface area contributed by atoms with Gasteiger partial charge in [-0.05, 0) is 30.1 Å². The molecule has 1 fully saturated rings. The molecular weight excluding hydrogens is 228 g/mol. The molecule has 2 N–H and O–H groups in total. The van der Waals surface area contributed by atoms with E-state index in [9.17, 15) is 0 Å². The molecule has 2 nitrogen and oxygen atoms in total. The predicted octanol–water partition coefficient (Wildman–Crippen LogP) is 2.82. The fourth-order valence-electron chi connectivity index (χ4n) is 3.03. The normalized spacial score (nSPS) is 28.9. The van der Waals surface area contributed by atoms with Crippen LogP contribution < -0.4 is 5.73 Å². The number of nitrogens with two attached hydrogens (primary N) is 1. The zero-order valence-electron chi connectivity index (χ0n) is 12.3. The fourth-order valence-corrected chi connectivity index (χ4v) is 4.86. The molecular formula is C14H30N2S. The standard InChI is InChI=1S/C14H30N2S/c1-6-16(9-12(2)3)14(10-15)11-17-8-7-13(14,4)5/h12H,6-11,15H2,1-5H3. The third-order valence-corrected chi connectivity index (χ3v) is 5.56. The summed E-state index contributed by atoms with van der Waals surface area (Å²) in [5.41, 5.74) is 6.73. The second kappa shape index (κ2) is 5.94. The van der Waals surface area contributed by atoms with Gasteiger partial charge in [0.2, 0.25) is 0 Å². The van der Waals surface area contributed by atoms with Gasteiger partial charge in [-0.3, -0.25) is 4.90 Å². The van der Waals surface area contributed by atoms with E-state index in [-0.39, 0.29) is 5.54 Å². The Hall–Kier alpha value is 0.270. The van der Waals surface area contributed by atoms with Crippen LogP contribution in [0.1, 0.15) is 41.0 Å². The number of nitrogens with zero attached hydrogens (tertiary/aromatic N) is 1. The highest BCUT2D eigenvalue weighted by atomic mass is 32.2. The average molecular weight is 258 g/mol. The molecule has 0 bridgehead atoms. The molecule has 1 aliphatic heterocycles. The average Bonchev–Trinajstić information content (AvgIpc) is 2.26. The van der Waals surface area contributed by atoms with E-state index in [4.69, 9.17) is 5.73 Å². The zero-order valence-corrected chi connectivity index (χ0v) is 13.1. The minimum Gasteiger partial charge on any atom is -0.329 e. The zero-order chi connectivity index (χ0) is 13.1. The first kappa shape index (κ1) is 15.3. The van der Waals surface area contributed by atoms with Crippen LogP contribution in [0.4, 0.5) is 0 Å². The van der Waals surface area contributed by atoms with E-state index in [0.717, 1.165) is 19.6 Å². The molecule has 17 heavy (non-hydrogen) atoms. The molecule has 0 aromatic carbocycles. The van der Waals surface area contributed by atoms with E-state index < -0.39 is 0 Å². The number of hydrogen-bond acceptors (Lipinski definition) is 3. The first-order valence-corrected chi connectivity index (χ1v) is 8.08. The van der Waals surface area contributed by atoms with E-state index in [0.29, 0.717) is 11.3 Å². The summed E-state index contributed by atoms with van der Waals surface area (Å²) in [6, 6.07) is 0. The highest BCUT2D eigenvalue weighted by molar-refractivity contribution is 7.99. The quantitative estimate of drug-likeness (QED) is 0.822. The van der Waals surface area contributed by atoms with Crippen LogP contribution in [0.15, 0.2) is 0 Å². The second-order valence-electron chi connectivity index (χ2n) is 6.35. The van der Waals surface area contributed by atoms with Crippen LogP contribution in [0.25, 0.3) is 0 Å². The van der Waals surface area contributed by atoms with E-state index in [1.807, 2.05) is 0 Å². The van der Waals surface area contributed by atoms with Crippen molar-refractivity contribution in [3.63, 3.8) is 0 Å². The summed E-state index contributed by atoms with van der Waals surface area (Å²) in [6.07, 6.45) is 1.28. The number of hydrogen-bond donors (Lipinski definition) is 1. The van der Waals surface area contributed by atoms with Crippen molar-refractivity contribution >= 4 is 11.8 Å².